The van der Waals surface area contributed by atoms with Crippen LogP contribution in [0.2, 0.25) is 0 Å². The lowest BCUT2D eigenvalue weighted by Gasteiger charge is -2.27. The van der Waals surface area contributed by atoms with Crippen molar-refractivity contribution in [1.29, 1.82) is 0 Å². The molecule has 4 rings (SSSR count). The SMILES string of the molecule is CS(=O)(=O)c1ccc(-c2ccc(C(=O)N3CCN(O)C3c3cccc(Br)c3)cc2)cc1. The molecule has 1 saturated heterocycles. The topological polar surface area (TPSA) is 77.9 Å². The Hall–Kier alpha value is -2.52. The molecule has 1 heterocycles. The highest BCUT2D eigenvalue weighted by molar-refractivity contribution is 9.10. The fourth-order valence-corrected chi connectivity index (χ4v) is 4.76. The predicted molar refractivity (Wildman–Crippen MR) is 121 cm³/mol. The summed E-state index contributed by atoms with van der Waals surface area (Å²) in [5.41, 5.74) is 3.09. The smallest absolute Gasteiger partial charge is 0.255 e. The van der Waals surface area contributed by atoms with Gasteiger partial charge in [0.25, 0.3) is 5.91 Å². The van der Waals surface area contributed by atoms with Gasteiger partial charge in [0.15, 0.2) is 9.84 Å². The molecule has 0 aromatic heterocycles. The summed E-state index contributed by atoms with van der Waals surface area (Å²) < 4.78 is 24.1. The van der Waals surface area contributed by atoms with E-state index in [0.717, 1.165) is 21.2 Å². The number of amides is 1. The Morgan fingerprint density at radius 1 is 0.968 bits per heavy atom. The van der Waals surface area contributed by atoms with Crippen LogP contribution in [0.25, 0.3) is 11.1 Å². The zero-order chi connectivity index (χ0) is 22.2. The fourth-order valence-electron chi connectivity index (χ4n) is 3.71. The van der Waals surface area contributed by atoms with E-state index in [2.05, 4.69) is 15.9 Å². The molecular weight excluding hydrogens is 480 g/mol. The summed E-state index contributed by atoms with van der Waals surface area (Å²) in [5.74, 6) is -0.166. The molecule has 0 bridgehead atoms. The number of sulfone groups is 1. The molecule has 1 amide bonds. The van der Waals surface area contributed by atoms with E-state index in [-0.39, 0.29) is 10.8 Å². The first-order valence-corrected chi connectivity index (χ1v) is 12.3. The molecule has 160 valence electrons. The second-order valence-electron chi connectivity index (χ2n) is 7.46. The maximum atomic E-state index is 13.2. The van der Waals surface area contributed by atoms with Crippen LogP contribution in [-0.2, 0) is 9.84 Å². The van der Waals surface area contributed by atoms with E-state index in [4.69, 9.17) is 0 Å². The van der Waals surface area contributed by atoms with Crippen molar-refractivity contribution in [2.45, 2.75) is 11.1 Å². The molecule has 0 saturated carbocycles. The summed E-state index contributed by atoms with van der Waals surface area (Å²) in [6.07, 6.45) is 0.628. The van der Waals surface area contributed by atoms with Gasteiger partial charge in [0.05, 0.1) is 4.90 Å². The number of carbonyl (C=O) groups excluding carboxylic acids is 1. The van der Waals surface area contributed by atoms with Crippen molar-refractivity contribution in [3.63, 3.8) is 0 Å². The Morgan fingerprint density at radius 2 is 1.58 bits per heavy atom. The minimum Gasteiger partial charge on any atom is -0.315 e. The van der Waals surface area contributed by atoms with Crippen LogP contribution in [0.1, 0.15) is 22.1 Å². The second kappa shape index (κ2) is 8.55. The monoisotopic (exact) mass is 500 g/mol. The number of hydrogen-bond acceptors (Lipinski definition) is 5. The maximum absolute atomic E-state index is 13.2. The van der Waals surface area contributed by atoms with Crippen LogP contribution in [0.3, 0.4) is 0 Å². The fraction of sp³-hybridized carbons (Fsp3) is 0.174. The standard InChI is InChI=1S/C23H21BrN2O4S/c1-31(29,30)21-11-9-17(10-12-21)16-5-7-18(8-6-16)23(27)25-13-14-26(28)22(25)19-3-2-4-20(24)15-19/h2-12,15,22,28H,13-14H2,1H3. The molecule has 1 fully saturated rings. The number of hydrogen-bond donors (Lipinski definition) is 1. The van der Waals surface area contributed by atoms with Gasteiger partial charge in [0, 0.05) is 29.4 Å². The highest BCUT2D eigenvalue weighted by atomic mass is 79.9. The average molecular weight is 501 g/mol. The first-order chi connectivity index (χ1) is 14.7. The molecule has 0 aliphatic carbocycles. The van der Waals surface area contributed by atoms with Crippen LogP contribution >= 0.6 is 15.9 Å². The van der Waals surface area contributed by atoms with Crippen LogP contribution in [0.5, 0.6) is 0 Å². The van der Waals surface area contributed by atoms with E-state index in [0.29, 0.717) is 18.7 Å². The molecule has 1 N–H and O–H groups in total. The van der Waals surface area contributed by atoms with Crippen LogP contribution in [0.15, 0.2) is 82.2 Å². The van der Waals surface area contributed by atoms with Gasteiger partial charge in [0.2, 0.25) is 0 Å². The van der Waals surface area contributed by atoms with E-state index in [9.17, 15) is 18.4 Å². The van der Waals surface area contributed by atoms with Crippen LogP contribution in [0.4, 0.5) is 0 Å². The van der Waals surface area contributed by atoms with Gasteiger partial charge in [-0.25, -0.2) is 8.42 Å². The normalized spacial score (nSPS) is 17.1. The summed E-state index contributed by atoms with van der Waals surface area (Å²) in [5, 5.41) is 11.5. The van der Waals surface area contributed by atoms with Crippen molar-refractivity contribution < 1.29 is 18.4 Å². The third kappa shape index (κ3) is 4.57. The van der Waals surface area contributed by atoms with E-state index in [1.54, 1.807) is 41.3 Å². The number of hydroxylamine groups is 2. The Morgan fingerprint density at radius 3 is 2.16 bits per heavy atom. The summed E-state index contributed by atoms with van der Waals surface area (Å²) in [6.45, 7) is 0.787. The molecule has 0 radical (unpaired) electrons. The van der Waals surface area contributed by atoms with Gasteiger partial charge in [-0.2, -0.15) is 5.06 Å². The molecule has 1 aliphatic heterocycles. The highest BCUT2D eigenvalue weighted by Gasteiger charge is 2.36. The summed E-state index contributed by atoms with van der Waals surface area (Å²) in [7, 11) is -3.24. The Kier molecular flexibility index (Phi) is 5.98. The van der Waals surface area contributed by atoms with Crippen molar-refractivity contribution in [3.05, 3.63) is 88.4 Å². The van der Waals surface area contributed by atoms with E-state index < -0.39 is 16.0 Å². The lowest BCUT2D eigenvalue weighted by molar-refractivity contribution is -0.122. The van der Waals surface area contributed by atoms with Crippen LogP contribution in [-0.4, -0.2) is 48.8 Å². The molecular formula is C23H21BrN2O4S. The van der Waals surface area contributed by atoms with Gasteiger partial charge in [0.1, 0.15) is 6.17 Å². The summed E-state index contributed by atoms with van der Waals surface area (Å²) in [4.78, 5) is 15.1. The quantitative estimate of drug-likeness (QED) is 0.575. The molecule has 3 aromatic carbocycles. The van der Waals surface area contributed by atoms with Crippen molar-refractivity contribution in [1.82, 2.24) is 9.96 Å². The minimum atomic E-state index is -3.24. The summed E-state index contributed by atoms with van der Waals surface area (Å²) >= 11 is 3.44. The van der Waals surface area contributed by atoms with Gasteiger partial charge in [-0.15, -0.1) is 0 Å². The van der Waals surface area contributed by atoms with Gasteiger partial charge >= 0.3 is 0 Å². The van der Waals surface area contributed by atoms with Gasteiger partial charge in [-0.1, -0.05) is 52.3 Å². The van der Waals surface area contributed by atoms with E-state index in [1.807, 2.05) is 36.4 Å². The van der Waals surface area contributed by atoms with Gasteiger partial charge in [-0.3, -0.25) is 4.79 Å². The molecule has 0 spiro atoms. The van der Waals surface area contributed by atoms with Crippen LogP contribution < -0.4 is 0 Å². The second-order valence-corrected chi connectivity index (χ2v) is 10.4. The zero-order valence-corrected chi connectivity index (χ0v) is 19.2. The lowest BCUT2D eigenvalue weighted by atomic mass is 10.0. The molecule has 3 aromatic rings. The van der Waals surface area contributed by atoms with Crippen molar-refractivity contribution >= 4 is 31.7 Å². The number of halogens is 1. The Labute approximate surface area is 189 Å². The predicted octanol–water partition coefficient (Wildman–Crippen LogP) is 4.37. The van der Waals surface area contributed by atoms with Gasteiger partial charge < -0.3 is 10.1 Å². The number of carbonyl (C=O) groups is 1. The maximum Gasteiger partial charge on any atom is 0.255 e. The molecule has 8 heteroatoms. The third-order valence-corrected chi connectivity index (χ3v) is 6.92. The van der Waals surface area contributed by atoms with Crippen LogP contribution in [0, 0.1) is 0 Å². The highest BCUT2D eigenvalue weighted by Crippen LogP contribution is 2.31. The molecule has 6 nitrogen and oxygen atoms in total. The van der Waals surface area contributed by atoms with Crippen molar-refractivity contribution in [2.24, 2.45) is 0 Å². The Bertz CT molecular complexity index is 1210. The van der Waals surface area contributed by atoms with Gasteiger partial charge in [-0.05, 0) is 53.1 Å². The molecule has 1 atom stereocenters. The van der Waals surface area contributed by atoms with Crippen molar-refractivity contribution in [3.8, 4) is 11.1 Å². The molecule has 1 unspecified atom stereocenters. The average Bonchev–Trinajstić information content (AvgIpc) is 3.14. The number of benzene rings is 3. The lowest BCUT2D eigenvalue weighted by Crippen LogP contribution is -2.34. The van der Waals surface area contributed by atoms with E-state index in [1.165, 1.54) is 11.3 Å². The third-order valence-electron chi connectivity index (χ3n) is 5.30. The first kappa shape index (κ1) is 21.7. The van der Waals surface area contributed by atoms with E-state index >= 15 is 0 Å². The number of rotatable bonds is 4. The van der Waals surface area contributed by atoms with Crippen molar-refractivity contribution in [2.75, 3.05) is 19.3 Å². The molecule has 31 heavy (non-hydrogen) atoms. The largest absolute Gasteiger partial charge is 0.315 e. The first-order valence-electron chi connectivity index (χ1n) is 9.66. The zero-order valence-electron chi connectivity index (χ0n) is 16.8. The number of nitrogens with zero attached hydrogens (tertiary/aromatic N) is 2. The minimum absolute atomic E-state index is 0.166. The Balaban J connectivity index is 1.56. The summed E-state index contributed by atoms with van der Waals surface area (Å²) in [6, 6.07) is 21.4. The molecule has 1 aliphatic rings.